The van der Waals surface area contributed by atoms with Crippen molar-refractivity contribution in [3.05, 3.63) is 99.4 Å². The first-order valence-corrected chi connectivity index (χ1v) is 14.7. The largest absolute Gasteiger partial charge is 0.457 e. The van der Waals surface area contributed by atoms with Gasteiger partial charge in [-0.15, -0.1) is 11.3 Å². The van der Waals surface area contributed by atoms with Crippen molar-refractivity contribution in [2.75, 3.05) is 5.32 Å². The normalized spacial score (nSPS) is 11.8. The van der Waals surface area contributed by atoms with Crippen molar-refractivity contribution in [3.63, 3.8) is 0 Å². The number of anilines is 1. The summed E-state index contributed by atoms with van der Waals surface area (Å²) in [5.41, 5.74) is 3.37. The number of aromatic nitrogens is 1. The molecule has 0 unspecified atom stereocenters. The summed E-state index contributed by atoms with van der Waals surface area (Å²) in [4.78, 5) is 18.1. The molecular formula is C28H20N4O4S3. The predicted octanol–water partition coefficient (Wildman–Crippen LogP) is 6.40. The second kappa shape index (κ2) is 10.8. The maximum Gasteiger partial charge on any atom is 0.266 e. The Labute approximate surface area is 232 Å². The number of nitrogens with zero attached hydrogens (tertiary/aromatic N) is 2. The Bertz CT molecular complexity index is 1830. The quantitative estimate of drug-likeness (QED) is 0.216. The molecule has 5 rings (SSSR count). The van der Waals surface area contributed by atoms with Crippen LogP contribution in [0.3, 0.4) is 0 Å². The van der Waals surface area contributed by atoms with Crippen LogP contribution in [0.1, 0.15) is 26.0 Å². The molecule has 0 aliphatic heterocycles. The number of nitriles is 1. The molecule has 0 bridgehead atoms. The van der Waals surface area contributed by atoms with Gasteiger partial charge in [0.2, 0.25) is 10.0 Å². The van der Waals surface area contributed by atoms with E-state index < -0.39 is 10.0 Å². The van der Waals surface area contributed by atoms with Gasteiger partial charge in [0.15, 0.2) is 0 Å². The van der Waals surface area contributed by atoms with E-state index in [4.69, 9.17) is 14.5 Å². The minimum atomic E-state index is -3.80. The lowest BCUT2D eigenvalue weighted by molar-refractivity contribution is 0.103. The zero-order valence-electron chi connectivity index (χ0n) is 20.4. The number of nitrogens with two attached hydrogens (primary N) is 1. The van der Waals surface area contributed by atoms with Crippen LogP contribution >= 0.6 is 22.7 Å². The Morgan fingerprint density at radius 3 is 2.41 bits per heavy atom. The minimum absolute atomic E-state index is 0.000170. The monoisotopic (exact) mass is 572 g/mol. The molecule has 0 saturated heterocycles. The van der Waals surface area contributed by atoms with Crippen molar-refractivity contribution in [1.29, 1.82) is 5.26 Å². The number of benzene rings is 2. The molecule has 3 heterocycles. The molecule has 0 radical (unpaired) electrons. The molecule has 3 aromatic heterocycles. The first-order valence-electron chi connectivity index (χ1n) is 11.5. The topological polar surface area (TPSA) is 139 Å². The van der Waals surface area contributed by atoms with Crippen LogP contribution in [0.5, 0.6) is 0 Å². The maximum absolute atomic E-state index is 12.8. The molecule has 8 nitrogen and oxygen atoms in total. The molecule has 0 fully saturated rings. The van der Waals surface area contributed by atoms with Gasteiger partial charge in [-0.1, -0.05) is 47.2 Å². The molecule has 3 N–H and O–H groups in total. The van der Waals surface area contributed by atoms with E-state index in [0.717, 1.165) is 11.1 Å². The third kappa shape index (κ3) is 5.89. The number of aryl methyl sites for hydroxylation is 1. The van der Waals surface area contributed by atoms with Crippen LogP contribution in [0, 0.1) is 18.3 Å². The molecular weight excluding hydrogens is 553 g/mol. The van der Waals surface area contributed by atoms with E-state index in [1.807, 2.05) is 36.6 Å². The third-order valence-electron chi connectivity index (χ3n) is 5.66. The fourth-order valence-corrected chi connectivity index (χ4v) is 5.76. The standard InChI is InChI=1S/C28H20N4O4S3/c1-17-4-6-19(7-5-17)25-28(32-26(33)24-3-2-14-37-24)38-27(31-25)20(16-29)15-21-10-13-23(36-21)18-8-11-22(12-9-18)39(30,34)35/h2-15H,1H3,(H,32,33)(H2,30,34,35)/b20-15+. The highest BCUT2D eigenvalue weighted by molar-refractivity contribution is 7.89. The average molecular weight is 573 g/mol. The Morgan fingerprint density at radius 2 is 1.77 bits per heavy atom. The molecule has 5 aromatic rings. The SMILES string of the molecule is Cc1ccc(-c2nc(/C(C#N)=C/c3ccc(-c4ccc(S(N)(=O)=O)cc4)o3)sc2NC(=O)c2cccs2)cc1. The van der Waals surface area contributed by atoms with Crippen molar-refractivity contribution in [3.8, 4) is 28.7 Å². The Balaban J connectivity index is 1.48. The molecule has 0 saturated carbocycles. The smallest absolute Gasteiger partial charge is 0.266 e. The van der Waals surface area contributed by atoms with Gasteiger partial charge in [-0.3, -0.25) is 4.79 Å². The number of furan rings is 1. The van der Waals surface area contributed by atoms with Crippen LogP contribution in [-0.4, -0.2) is 19.3 Å². The van der Waals surface area contributed by atoms with Crippen LogP contribution in [0.15, 0.2) is 87.5 Å². The molecule has 11 heteroatoms. The molecule has 1 amide bonds. The summed E-state index contributed by atoms with van der Waals surface area (Å²) in [7, 11) is -3.80. The van der Waals surface area contributed by atoms with E-state index in [9.17, 15) is 18.5 Å². The number of nitrogens with one attached hydrogen (secondary N) is 1. The molecule has 39 heavy (non-hydrogen) atoms. The van der Waals surface area contributed by atoms with Crippen molar-refractivity contribution in [1.82, 2.24) is 4.98 Å². The lowest BCUT2D eigenvalue weighted by Crippen LogP contribution is -2.11. The fraction of sp³-hybridized carbons (Fsp3) is 0.0357. The van der Waals surface area contributed by atoms with E-state index in [0.29, 0.717) is 37.7 Å². The summed E-state index contributed by atoms with van der Waals surface area (Å²) in [6.07, 6.45) is 1.57. The first kappa shape index (κ1) is 26.3. The average Bonchev–Trinajstić information content (AvgIpc) is 3.69. The Hall–Kier alpha value is -4.34. The van der Waals surface area contributed by atoms with E-state index in [1.54, 1.807) is 42.5 Å². The van der Waals surface area contributed by atoms with Gasteiger partial charge < -0.3 is 9.73 Å². The molecule has 194 valence electrons. The van der Waals surface area contributed by atoms with E-state index in [1.165, 1.54) is 34.8 Å². The predicted molar refractivity (Wildman–Crippen MR) is 154 cm³/mol. The van der Waals surface area contributed by atoms with E-state index in [2.05, 4.69) is 11.4 Å². The van der Waals surface area contributed by atoms with E-state index >= 15 is 0 Å². The number of carbonyl (C=O) groups excluding carboxylic acids is 1. The van der Waals surface area contributed by atoms with Crippen LogP contribution in [0.4, 0.5) is 5.00 Å². The number of sulfonamides is 1. The van der Waals surface area contributed by atoms with Crippen molar-refractivity contribution in [2.24, 2.45) is 5.14 Å². The number of rotatable bonds is 7. The second-order valence-corrected chi connectivity index (χ2v) is 11.9. The summed E-state index contributed by atoms with van der Waals surface area (Å²) >= 11 is 2.54. The van der Waals surface area contributed by atoms with Gasteiger partial charge in [0, 0.05) is 17.2 Å². The van der Waals surface area contributed by atoms with Gasteiger partial charge >= 0.3 is 0 Å². The zero-order chi connectivity index (χ0) is 27.6. The Kier molecular flexibility index (Phi) is 7.28. The number of thiophene rings is 1. The molecule has 0 aliphatic carbocycles. The van der Waals surface area contributed by atoms with Gasteiger partial charge in [-0.2, -0.15) is 5.26 Å². The summed E-state index contributed by atoms with van der Waals surface area (Å²) < 4.78 is 28.9. The summed E-state index contributed by atoms with van der Waals surface area (Å²) in [5, 5.41) is 20.9. The summed E-state index contributed by atoms with van der Waals surface area (Å²) in [5.74, 6) is 0.649. The molecule has 0 spiro atoms. The van der Waals surface area contributed by atoms with Gasteiger partial charge in [0.05, 0.1) is 15.3 Å². The number of allylic oxidation sites excluding steroid dienone is 1. The number of primary sulfonamides is 1. The van der Waals surface area contributed by atoms with E-state index in [-0.39, 0.29) is 16.4 Å². The van der Waals surface area contributed by atoms with Crippen molar-refractivity contribution >= 4 is 55.3 Å². The van der Waals surface area contributed by atoms with Gasteiger partial charge in [0.25, 0.3) is 5.91 Å². The van der Waals surface area contributed by atoms with Crippen LogP contribution in [0.25, 0.3) is 34.2 Å². The Morgan fingerprint density at radius 1 is 1.05 bits per heavy atom. The van der Waals surface area contributed by atoms with Gasteiger partial charge in [-0.25, -0.2) is 18.5 Å². The highest BCUT2D eigenvalue weighted by atomic mass is 32.2. The molecule has 0 atom stereocenters. The van der Waals surface area contributed by atoms with Crippen LogP contribution < -0.4 is 10.5 Å². The highest BCUT2D eigenvalue weighted by Crippen LogP contribution is 2.37. The summed E-state index contributed by atoms with van der Waals surface area (Å²) in [6.45, 7) is 1.98. The van der Waals surface area contributed by atoms with Crippen molar-refractivity contribution < 1.29 is 17.6 Å². The number of carbonyl (C=O) groups is 1. The third-order valence-corrected chi connectivity index (χ3v) is 8.46. The maximum atomic E-state index is 12.8. The number of amides is 1. The van der Waals surface area contributed by atoms with Crippen LogP contribution in [0.2, 0.25) is 0 Å². The highest BCUT2D eigenvalue weighted by Gasteiger charge is 2.19. The fourth-order valence-electron chi connectivity index (χ4n) is 3.68. The second-order valence-electron chi connectivity index (χ2n) is 8.44. The summed E-state index contributed by atoms with van der Waals surface area (Å²) in [6, 6.07) is 22.9. The first-order chi connectivity index (χ1) is 18.7. The zero-order valence-corrected chi connectivity index (χ0v) is 22.9. The number of thiazole rings is 1. The number of hydrogen-bond donors (Lipinski definition) is 2. The number of hydrogen-bond acceptors (Lipinski definition) is 8. The lowest BCUT2D eigenvalue weighted by atomic mass is 10.1. The van der Waals surface area contributed by atoms with Crippen molar-refractivity contribution in [2.45, 2.75) is 11.8 Å². The van der Waals surface area contributed by atoms with Crippen LogP contribution in [-0.2, 0) is 10.0 Å². The molecule has 2 aromatic carbocycles. The lowest BCUT2D eigenvalue weighted by Gasteiger charge is -2.04. The van der Waals surface area contributed by atoms with Gasteiger partial charge in [-0.05, 0) is 54.8 Å². The molecule has 0 aliphatic rings. The minimum Gasteiger partial charge on any atom is -0.457 e. The van der Waals surface area contributed by atoms with Gasteiger partial charge in [0.1, 0.15) is 33.3 Å².